The van der Waals surface area contributed by atoms with Gasteiger partial charge in [0, 0.05) is 0 Å². The van der Waals surface area contributed by atoms with Crippen LogP contribution in [0.2, 0.25) is 0 Å². The highest BCUT2D eigenvalue weighted by molar-refractivity contribution is 4.77. The zero-order valence-corrected chi connectivity index (χ0v) is 8.71. The fraction of sp³-hybridized carbons (Fsp3) is 0.667. The van der Waals surface area contributed by atoms with Gasteiger partial charge in [0.15, 0.2) is 0 Å². The summed E-state index contributed by atoms with van der Waals surface area (Å²) < 4.78 is 0. The topological polar surface area (TPSA) is 20.2 Å². The van der Waals surface area contributed by atoms with Crippen molar-refractivity contribution in [2.45, 2.75) is 51.6 Å². The van der Waals surface area contributed by atoms with Crippen LogP contribution in [0.5, 0.6) is 0 Å². The highest BCUT2D eigenvalue weighted by atomic mass is 16.3. The van der Waals surface area contributed by atoms with Gasteiger partial charge in [0.2, 0.25) is 0 Å². The van der Waals surface area contributed by atoms with Gasteiger partial charge in [-0.2, -0.15) is 0 Å². The van der Waals surface area contributed by atoms with E-state index in [0.717, 1.165) is 38.5 Å². The van der Waals surface area contributed by atoms with Crippen LogP contribution < -0.4 is 0 Å². The van der Waals surface area contributed by atoms with E-state index in [1.54, 1.807) is 0 Å². The van der Waals surface area contributed by atoms with Crippen LogP contribution >= 0.6 is 0 Å². The lowest BCUT2D eigenvalue weighted by atomic mass is 10.1. The van der Waals surface area contributed by atoms with Gasteiger partial charge in [-0.05, 0) is 39.0 Å². The molecule has 0 aromatic rings. The molecule has 0 heterocycles. The van der Waals surface area contributed by atoms with Gasteiger partial charge in [0.25, 0.3) is 0 Å². The Morgan fingerprint density at radius 3 is 2.62 bits per heavy atom. The maximum atomic E-state index is 9.52. The van der Waals surface area contributed by atoms with Crippen molar-refractivity contribution in [3.63, 3.8) is 0 Å². The second-order valence-electron chi connectivity index (χ2n) is 3.37. The summed E-state index contributed by atoms with van der Waals surface area (Å²) >= 11 is 0. The molecular formula is C12H22O. The minimum absolute atomic E-state index is 0.110. The molecule has 1 N–H and O–H groups in total. The van der Waals surface area contributed by atoms with E-state index in [2.05, 4.69) is 12.7 Å². The first-order valence-electron chi connectivity index (χ1n) is 5.21. The van der Waals surface area contributed by atoms with E-state index in [4.69, 9.17) is 0 Å². The summed E-state index contributed by atoms with van der Waals surface area (Å²) in [5.74, 6) is 0. The molecule has 0 aromatic carbocycles. The molecule has 0 bridgehead atoms. The number of aliphatic hydroxyl groups is 1. The van der Waals surface area contributed by atoms with Crippen LogP contribution in [0, 0.1) is 0 Å². The third-order valence-electron chi connectivity index (χ3n) is 2.10. The molecule has 0 aliphatic carbocycles. The molecule has 1 nitrogen and oxygen atoms in total. The van der Waals surface area contributed by atoms with E-state index in [9.17, 15) is 5.11 Å². The maximum Gasteiger partial charge on any atom is 0.0543 e. The SMILES string of the molecule is C=CCCCCC(O)CCC=CC. The number of allylic oxidation sites excluding steroid dienone is 3. The number of rotatable bonds is 8. The molecule has 1 heteroatoms. The van der Waals surface area contributed by atoms with Crippen molar-refractivity contribution in [3.05, 3.63) is 24.8 Å². The Hall–Kier alpha value is -0.560. The van der Waals surface area contributed by atoms with Gasteiger partial charge in [-0.3, -0.25) is 0 Å². The van der Waals surface area contributed by atoms with Crippen molar-refractivity contribution < 1.29 is 5.11 Å². The molecule has 0 radical (unpaired) electrons. The number of aliphatic hydroxyl groups excluding tert-OH is 1. The number of hydrogen-bond acceptors (Lipinski definition) is 1. The quantitative estimate of drug-likeness (QED) is 0.450. The maximum absolute atomic E-state index is 9.52. The van der Waals surface area contributed by atoms with Crippen molar-refractivity contribution in [2.24, 2.45) is 0 Å². The summed E-state index contributed by atoms with van der Waals surface area (Å²) in [4.78, 5) is 0. The fourth-order valence-electron chi connectivity index (χ4n) is 1.27. The molecule has 1 unspecified atom stereocenters. The van der Waals surface area contributed by atoms with Crippen LogP contribution in [0.15, 0.2) is 24.8 Å². The zero-order valence-electron chi connectivity index (χ0n) is 8.71. The molecule has 0 fully saturated rings. The molecule has 13 heavy (non-hydrogen) atoms. The normalized spacial score (nSPS) is 13.4. The molecule has 0 rings (SSSR count). The van der Waals surface area contributed by atoms with E-state index in [-0.39, 0.29) is 6.10 Å². The molecule has 76 valence electrons. The molecular weight excluding hydrogens is 160 g/mol. The summed E-state index contributed by atoms with van der Waals surface area (Å²) in [6.45, 7) is 5.68. The van der Waals surface area contributed by atoms with E-state index in [1.807, 2.05) is 19.1 Å². The van der Waals surface area contributed by atoms with E-state index in [1.165, 1.54) is 0 Å². The summed E-state index contributed by atoms with van der Waals surface area (Å²) in [5.41, 5.74) is 0. The third-order valence-corrected chi connectivity index (χ3v) is 2.10. The average molecular weight is 182 g/mol. The second kappa shape index (κ2) is 9.53. The summed E-state index contributed by atoms with van der Waals surface area (Å²) in [6, 6.07) is 0. The standard InChI is InChI=1S/C12H22O/c1-3-5-7-9-11-12(13)10-8-6-4-2/h3-4,6,12-13H,1,5,7-11H2,2H3. The Morgan fingerprint density at radius 1 is 1.23 bits per heavy atom. The van der Waals surface area contributed by atoms with Crippen molar-refractivity contribution in [2.75, 3.05) is 0 Å². The van der Waals surface area contributed by atoms with Gasteiger partial charge in [-0.25, -0.2) is 0 Å². The van der Waals surface area contributed by atoms with Crippen LogP contribution in [0.3, 0.4) is 0 Å². The molecule has 0 aliphatic heterocycles. The lowest BCUT2D eigenvalue weighted by Gasteiger charge is -2.07. The van der Waals surface area contributed by atoms with Crippen LogP contribution in [0.4, 0.5) is 0 Å². The van der Waals surface area contributed by atoms with E-state index in [0.29, 0.717) is 0 Å². The largest absolute Gasteiger partial charge is 0.393 e. The Balaban J connectivity index is 3.19. The zero-order chi connectivity index (χ0) is 9.94. The first-order valence-corrected chi connectivity index (χ1v) is 5.21. The molecule has 0 saturated carbocycles. The van der Waals surface area contributed by atoms with Gasteiger partial charge in [-0.1, -0.05) is 24.6 Å². The Bertz CT molecular complexity index is 138. The molecule has 0 spiro atoms. The first kappa shape index (κ1) is 12.4. The second-order valence-corrected chi connectivity index (χ2v) is 3.37. The Kier molecular flexibility index (Phi) is 9.12. The van der Waals surface area contributed by atoms with Crippen LogP contribution in [-0.2, 0) is 0 Å². The van der Waals surface area contributed by atoms with Crippen molar-refractivity contribution >= 4 is 0 Å². The van der Waals surface area contributed by atoms with Crippen molar-refractivity contribution in [1.82, 2.24) is 0 Å². The minimum atomic E-state index is -0.110. The van der Waals surface area contributed by atoms with Crippen molar-refractivity contribution in [3.8, 4) is 0 Å². The van der Waals surface area contributed by atoms with Crippen LogP contribution in [-0.4, -0.2) is 11.2 Å². The van der Waals surface area contributed by atoms with Gasteiger partial charge in [0.1, 0.15) is 0 Å². The summed E-state index contributed by atoms with van der Waals surface area (Å²) in [5, 5.41) is 9.52. The molecule has 0 aromatic heterocycles. The third kappa shape index (κ3) is 9.35. The van der Waals surface area contributed by atoms with Crippen LogP contribution in [0.1, 0.15) is 45.4 Å². The molecule has 1 atom stereocenters. The van der Waals surface area contributed by atoms with Crippen molar-refractivity contribution in [1.29, 1.82) is 0 Å². The molecule has 0 saturated heterocycles. The highest BCUT2D eigenvalue weighted by Crippen LogP contribution is 2.08. The lowest BCUT2D eigenvalue weighted by Crippen LogP contribution is -2.05. The number of unbranched alkanes of at least 4 members (excludes halogenated alkanes) is 2. The monoisotopic (exact) mass is 182 g/mol. The van der Waals surface area contributed by atoms with Gasteiger partial charge < -0.3 is 5.11 Å². The van der Waals surface area contributed by atoms with Gasteiger partial charge >= 0.3 is 0 Å². The highest BCUT2D eigenvalue weighted by Gasteiger charge is 2.01. The Morgan fingerprint density at radius 2 is 2.00 bits per heavy atom. The minimum Gasteiger partial charge on any atom is -0.393 e. The molecule has 0 amide bonds. The van der Waals surface area contributed by atoms with E-state index >= 15 is 0 Å². The smallest absolute Gasteiger partial charge is 0.0543 e. The number of hydrogen-bond donors (Lipinski definition) is 1. The van der Waals surface area contributed by atoms with Gasteiger partial charge in [0.05, 0.1) is 6.10 Å². The predicted octanol–water partition coefficient (Wildman–Crippen LogP) is 3.45. The average Bonchev–Trinajstić information content (AvgIpc) is 2.13. The lowest BCUT2D eigenvalue weighted by molar-refractivity contribution is 0.152. The summed E-state index contributed by atoms with van der Waals surface area (Å²) in [7, 11) is 0. The Labute approximate surface area is 82.2 Å². The van der Waals surface area contributed by atoms with Crippen LogP contribution in [0.25, 0.3) is 0 Å². The van der Waals surface area contributed by atoms with Gasteiger partial charge in [-0.15, -0.1) is 6.58 Å². The predicted molar refractivity (Wildman–Crippen MR) is 58.7 cm³/mol. The fourth-order valence-corrected chi connectivity index (χ4v) is 1.27. The van der Waals surface area contributed by atoms with E-state index < -0.39 is 0 Å². The summed E-state index contributed by atoms with van der Waals surface area (Å²) in [6.07, 6.45) is 12.1. The first-order chi connectivity index (χ1) is 6.31. The molecule has 0 aliphatic rings.